The predicted molar refractivity (Wildman–Crippen MR) is 103 cm³/mol. The van der Waals surface area contributed by atoms with Gasteiger partial charge in [-0.3, -0.25) is 4.79 Å². The van der Waals surface area contributed by atoms with Gasteiger partial charge in [-0.1, -0.05) is 23.5 Å². The second-order valence-electron chi connectivity index (χ2n) is 7.40. The van der Waals surface area contributed by atoms with Crippen molar-refractivity contribution in [2.45, 2.75) is 32.2 Å². The Morgan fingerprint density at radius 1 is 1.32 bits per heavy atom. The summed E-state index contributed by atoms with van der Waals surface area (Å²) in [5.41, 5.74) is 6.87. The summed E-state index contributed by atoms with van der Waals surface area (Å²) in [5, 5.41) is 1.09. The van der Waals surface area contributed by atoms with Crippen LogP contribution in [0.3, 0.4) is 0 Å². The molecule has 2 unspecified atom stereocenters. The Morgan fingerprint density at radius 3 is 2.76 bits per heavy atom. The molecule has 6 heteroatoms. The average molecular weight is 359 g/mol. The van der Waals surface area contributed by atoms with Crippen LogP contribution in [0.4, 0.5) is 5.13 Å². The monoisotopic (exact) mass is 358 g/mol. The number of amides is 1. The second kappa shape index (κ2) is 6.92. The van der Waals surface area contributed by atoms with Crippen LogP contribution in [0, 0.1) is 11.8 Å². The number of rotatable bonds is 3. The van der Waals surface area contributed by atoms with Crippen molar-refractivity contribution in [2.75, 3.05) is 31.1 Å². The summed E-state index contributed by atoms with van der Waals surface area (Å²) in [5.74, 6) is 0.971. The van der Waals surface area contributed by atoms with E-state index in [2.05, 4.69) is 34.9 Å². The zero-order valence-electron chi connectivity index (χ0n) is 14.7. The zero-order valence-corrected chi connectivity index (χ0v) is 15.5. The molecule has 0 bridgehead atoms. The highest BCUT2D eigenvalue weighted by molar-refractivity contribution is 7.22. The van der Waals surface area contributed by atoms with Crippen molar-refractivity contribution in [1.82, 2.24) is 9.88 Å². The van der Waals surface area contributed by atoms with Crippen molar-refractivity contribution in [3.63, 3.8) is 0 Å². The summed E-state index contributed by atoms with van der Waals surface area (Å²) in [7, 11) is 0. The molecule has 2 N–H and O–H groups in total. The number of piperidine rings is 1. The fraction of sp³-hybridized carbons (Fsp3) is 0.579. The summed E-state index contributed by atoms with van der Waals surface area (Å²) in [4.78, 5) is 22.1. The maximum atomic E-state index is 12.9. The summed E-state index contributed by atoms with van der Waals surface area (Å²) < 4.78 is 1.23. The standard InChI is InChI=1S/C19H26N4OS/c1-13-10-14(11-20)12-23(13)18(24)15-6-8-22(9-7-15)19-21-16-4-2-3-5-17(16)25-19/h2-5,13-15H,6-12,20H2,1H3. The number of fused-ring (bicyclic) bond motifs is 1. The molecule has 2 fully saturated rings. The SMILES string of the molecule is CC1CC(CN)CN1C(=O)C1CCN(c2nc3ccccc3s2)CC1. The zero-order chi connectivity index (χ0) is 17.4. The minimum Gasteiger partial charge on any atom is -0.348 e. The molecule has 134 valence electrons. The second-order valence-corrected chi connectivity index (χ2v) is 8.41. The first-order valence-electron chi connectivity index (χ1n) is 9.26. The Morgan fingerprint density at radius 2 is 2.08 bits per heavy atom. The van der Waals surface area contributed by atoms with Gasteiger partial charge in [-0.25, -0.2) is 4.98 Å². The van der Waals surface area contributed by atoms with E-state index in [0.29, 0.717) is 24.4 Å². The number of carbonyl (C=O) groups is 1. The first kappa shape index (κ1) is 16.8. The lowest BCUT2D eigenvalue weighted by atomic mass is 9.95. The van der Waals surface area contributed by atoms with E-state index >= 15 is 0 Å². The van der Waals surface area contributed by atoms with Crippen LogP contribution >= 0.6 is 11.3 Å². The van der Waals surface area contributed by atoms with Gasteiger partial charge in [0.2, 0.25) is 5.91 Å². The normalized spacial score (nSPS) is 25.0. The predicted octanol–water partition coefficient (Wildman–Crippen LogP) is 2.71. The highest BCUT2D eigenvalue weighted by Crippen LogP contribution is 2.33. The van der Waals surface area contributed by atoms with E-state index in [-0.39, 0.29) is 5.92 Å². The lowest BCUT2D eigenvalue weighted by molar-refractivity contribution is -0.136. The Bertz CT molecular complexity index is 720. The lowest BCUT2D eigenvalue weighted by Crippen LogP contribution is -2.44. The molecule has 2 aliphatic rings. The fourth-order valence-corrected chi connectivity index (χ4v) is 5.19. The van der Waals surface area contributed by atoms with Crippen molar-refractivity contribution in [1.29, 1.82) is 0 Å². The molecular formula is C19H26N4OS. The number of aromatic nitrogens is 1. The third-order valence-electron chi connectivity index (χ3n) is 5.68. The van der Waals surface area contributed by atoms with Crippen molar-refractivity contribution in [3.05, 3.63) is 24.3 Å². The van der Waals surface area contributed by atoms with Crippen LogP contribution in [0.2, 0.25) is 0 Å². The molecule has 1 aromatic heterocycles. The Hall–Kier alpha value is -1.66. The summed E-state index contributed by atoms with van der Waals surface area (Å²) >= 11 is 1.75. The van der Waals surface area contributed by atoms with Crippen molar-refractivity contribution in [2.24, 2.45) is 17.6 Å². The van der Waals surface area contributed by atoms with Crippen molar-refractivity contribution < 1.29 is 4.79 Å². The molecule has 2 aliphatic heterocycles. The van der Waals surface area contributed by atoms with Gasteiger partial charge in [0.15, 0.2) is 5.13 Å². The quantitative estimate of drug-likeness (QED) is 0.916. The Balaban J connectivity index is 1.38. The molecule has 2 atom stereocenters. The molecule has 4 rings (SSSR count). The van der Waals surface area contributed by atoms with E-state index in [1.165, 1.54) is 4.70 Å². The maximum Gasteiger partial charge on any atom is 0.226 e. The molecular weight excluding hydrogens is 332 g/mol. The smallest absolute Gasteiger partial charge is 0.226 e. The fourth-order valence-electron chi connectivity index (χ4n) is 4.17. The number of nitrogens with two attached hydrogens (primary N) is 1. The summed E-state index contributed by atoms with van der Waals surface area (Å²) in [6.45, 7) is 5.51. The van der Waals surface area contributed by atoms with Gasteiger partial charge >= 0.3 is 0 Å². The number of nitrogens with zero attached hydrogens (tertiary/aromatic N) is 3. The summed E-state index contributed by atoms with van der Waals surface area (Å²) in [6, 6.07) is 8.61. The Kier molecular flexibility index (Phi) is 4.65. The van der Waals surface area contributed by atoms with Gasteiger partial charge in [0, 0.05) is 31.6 Å². The lowest BCUT2D eigenvalue weighted by Gasteiger charge is -2.34. The Labute approximate surface area is 152 Å². The number of benzene rings is 1. The van der Waals surface area contributed by atoms with E-state index in [9.17, 15) is 4.79 Å². The molecule has 25 heavy (non-hydrogen) atoms. The van der Waals surface area contributed by atoms with E-state index < -0.39 is 0 Å². The van der Waals surface area contributed by atoms with Gasteiger partial charge in [-0.15, -0.1) is 0 Å². The molecule has 1 amide bonds. The summed E-state index contributed by atoms with van der Waals surface area (Å²) in [6.07, 6.45) is 2.89. The first-order chi connectivity index (χ1) is 12.2. The molecule has 2 aromatic rings. The van der Waals surface area contributed by atoms with Crippen LogP contribution in [-0.4, -0.2) is 48.0 Å². The third kappa shape index (κ3) is 3.25. The minimum absolute atomic E-state index is 0.157. The average Bonchev–Trinajstić information content (AvgIpc) is 3.24. The molecule has 0 radical (unpaired) electrons. The van der Waals surface area contributed by atoms with Crippen LogP contribution in [0.15, 0.2) is 24.3 Å². The van der Waals surface area contributed by atoms with Gasteiger partial charge in [-0.05, 0) is 50.8 Å². The van der Waals surface area contributed by atoms with Crippen molar-refractivity contribution >= 4 is 32.6 Å². The largest absolute Gasteiger partial charge is 0.348 e. The minimum atomic E-state index is 0.157. The number of thiazole rings is 1. The molecule has 0 spiro atoms. The van der Waals surface area contributed by atoms with E-state index in [1.54, 1.807) is 11.3 Å². The van der Waals surface area contributed by atoms with Crippen molar-refractivity contribution in [3.8, 4) is 0 Å². The number of hydrogen-bond donors (Lipinski definition) is 1. The number of carbonyl (C=O) groups excluding carboxylic acids is 1. The first-order valence-corrected chi connectivity index (χ1v) is 10.1. The van der Waals surface area contributed by atoms with Crippen LogP contribution in [0.25, 0.3) is 10.2 Å². The third-order valence-corrected chi connectivity index (χ3v) is 6.77. The molecule has 0 saturated carbocycles. The van der Waals surface area contributed by atoms with E-state index in [1.807, 2.05) is 6.07 Å². The molecule has 0 aliphatic carbocycles. The molecule has 5 nitrogen and oxygen atoms in total. The van der Waals surface area contributed by atoms with E-state index in [0.717, 1.165) is 49.5 Å². The number of hydrogen-bond acceptors (Lipinski definition) is 5. The highest BCUT2D eigenvalue weighted by atomic mass is 32.1. The number of likely N-dealkylation sites (tertiary alicyclic amines) is 1. The molecule has 1 aromatic carbocycles. The van der Waals surface area contributed by atoms with Crippen LogP contribution in [-0.2, 0) is 4.79 Å². The topological polar surface area (TPSA) is 62.5 Å². The highest BCUT2D eigenvalue weighted by Gasteiger charge is 2.36. The maximum absolute atomic E-state index is 12.9. The van der Waals surface area contributed by atoms with Crippen LogP contribution < -0.4 is 10.6 Å². The van der Waals surface area contributed by atoms with Gasteiger partial charge in [0.05, 0.1) is 10.2 Å². The molecule has 2 saturated heterocycles. The van der Waals surface area contributed by atoms with Gasteiger partial charge < -0.3 is 15.5 Å². The number of anilines is 1. The van der Waals surface area contributed by atoms with Crippen LogP contribution in [0.1, 0.15) is 26.2 Å². The van der Waals surface area contributed by atoms with Gasteiger partial charge in [-0.2, -0.15) is 0 Å². The van der Waals surface area contributed by atoms with Gasteiger partial charge in [0.25, 0.3) is 0 Å². The van der Waals surface area contributed by atoms with Gasteiger partial charge in [0.1, 0.15) is 0 Å². The van der Waals surface area contributed by atoms with Crippen LogP contribution in [0.5, 0.6) is 0 Å². The molecule has 3 heterocycles. The number of para-hydroxylation sites is 1. The van der Waals surface area contributed by atoms with E-state index in [4.69, 9.17) is 10.7 Å².